The van der Waals surface area contributed by atoms with Crippen molar-refractivity contribution in [1.82, 2.24) is 20.0 Å². The summed E-state index contributed by atoms with van der Waals surface area (Å²) in [5.41, 5.74) is 0.436. The lowest BCUT2D eigenvalue weighted by atomic mass is 10.1. The SMILES string of the molecule is Cc1nc([C@H]2CCCN2C(=O)C2=NN(C(C)C)C(=O)CC2)no1. The van der Waals surface area contributed by atoms with Gasteiger partial charge in [0.25, 0.3) is 5.91 Å². The van der Waals surface area contributed by atoms with Gasteiger partial charge in [-0.3, -0.25) is 9.59 Å². The van der Waals surface area contributed by atoms with Gasteiger partial charge in [0.15, 0.2) is 5.82 Å². The zero-order valence-corrected chi connectivity index (χ0v) is 13.7. The van der Waals surface area contributed by atoms with Crippen LogP contribution in [0.2, 0.25) is 0 Å². The summed E-state index contributed by atoms with van der Waals surface area (Å²) in [4.78, 5) is 30.7. The molecule has 3 rings (SSSR count). The molecular weight excluding hydrogens is 298 g/mol. The van der Waals surface area contributed by atoms with Gasteiger partial charge in [-0.25, -0.2) is 5.01 Å². The number of carbonyl (C=O) groups excluding carboxylic acids is 2. The standard InChI is InChI=1S/C15H21N5O3/c1-9(2)20-13(21)7-6-11(17-20)15(22)19-8-4-5-12(19)14-16-10(3)23-18-14/h9,12H,4-8H2,1-3H3/t12-/m1/s1. The van der Waals surface area contributed by atoms with Crippen molar-refractivity contribution in [2.24, 2.45) is 5.10 Å². The molecule has 8 heteroatoms. The number of hydrazone groups is 1. The van der Waals surface area contributed by atoms with Crippen molar-refractivity contribution in [3.63, 3.8) is 0 Å². The minimum atomic E-state index is -0.173. The molecular formula is C15H21N5O3. The summed E-state index contributed by atoms with van der Waals surface area (Å²) in [7, 11) is 0. The normalized spacial score (nSPS) is 22.0. The molecule has 2 amide bonds. The van der Waals surface area contributed by atoms with Gasteiger partial charge in [0.2, 0.25) is 11.8 Å². The molecule has 0 saturated carbocycles. The zero-order chi connectivity index (χ0) is 16.6. The van der Waals surface area contributed by atoms with Crippen LogP contribution in [0.1, 0.15) is 57.3 Å². The fourth-order valence-corrected chi connectivity index (χ4v) is 3.02. The molecule has 0 unspecified atom stereocenters. The second-order valence-electron chi connectivity index (χ2n) is 6.21. The molecule has 0 aromatic carbocycles. The van der Waals surface area contributed by atoms with Crippen LogP contribution >= 0.6 is 0 Å². The monoisotopic (exact) mass is 319 g/mol. The van der Waals surface area contributed by atoms with Gasteiger partial charge in [-0.05, 0) is 26.7 Å². The van der Waals surface area contributed by atoms with E-state index in [0.717, 1.165) is 12.8 Å². The molecule has 1 saturated heterocycles. The van der Waals surface area contributed by atoms with Crippen LogP contribution in [0, 0.1) is 6.92 Å². The number of rotatable bonds is 3. The molecule has 1 fully saturated rings. The first-order chi connectivity index (χ1) is 11.0. The van der Waals surface area contributed by atoms with Crippen LogP contribution in [-0.4, -0.2) is 50.2 Å². The molecule has 0 bridgehead atoms. The van der Waals surface area contributed by atoms with Crippen LogP contribution in [0.25, 0.3) is 0 Å². The highest BCUT2D eigenvalue weighted by molar-refractivity contribution is 6.39. The lowest BCUT2D eigenvalue weighted by Crippen LogP contribution is -2.43. The number of amides is 2. The average molecular weight is 319 g/mol. The number of aryl methyl sites for hydroxylation is 1. The topological polar surface area (TPSA) is 91.9 Å². The molecule has 0 radical (unpaired) electrons. The summed E-state index contributed by atoms with van der Waals surface area (Å²) >= 11 is 0. The third kappa shape index (κ3) is 2.97. The van der Waals surface area contributed by atoms with Gasteiger partial charge in [-0.1, -0.05) is 5.16 Å². The van der Waals surface area contributed by atoms with Gasteiger partial charge < -0.3 is 9.42 Å². The molecule has 1 atom stereocenters. The summed E-state index contributed by atoms with van der Waals surface area (Å²) in [6.07, 6.45) is 2.41. The van der Waals surface area contributed by atoms with E-state index in [1.807, 2.05) is 13.8 Å². The van der Waals surface area contributed by atoms with Crippen molar-refractivity contribution in [2.45, 2.75) is 58.5 Å². The largest absolute Gasteiger partial charge is 0.340 e. The molecule has 2 aliphatic rings. The minimum absolute atomic E-state index is 0.0386. The predicted molar refractivity (Wildman–Crippen MR) is 81.4 cm³/mol. The van der Waals surface area contributed by atoms with E-state index < -0.39 is 0 Å². The maximum Gasteiger partial charge on any atom is 0.270 e. The first kappa shape index (κ1) is 15.6. The van der Waals surface area contributed by atoms with Gasteiger partial charge in [-0.15, -0.1) is 0 Å². The van der Waals surface area contributed by atoms with Crippen molar-refractivity contribution in [3.8, 4) is 0 Å². The fraction of sp³-hybridized carbons (Fsp3) is 0.667. The molecule has 0 spiro atoms. The molecule has 124 valence electrons. The Kier molecular flexibility index (Phi) is 4.14. The van der Waals surface area contributed by atoms with Crippen molar-refractivity contribution in [2.75, 3.05) is 6.54 Å². The van der Waals surface area contributed by atoms with E-state index in [9.17, 15) is 9.59 Å². The first-order valence-electron chi connectivity index (χ1n) is 7.98. The van der Waals surface area contributed by atoms with Gasteiger partial charge in [0.05, 0.1) is 6.04 Å². The smallest absolute Gasteiger partial charge is 0.270 e. The lowest BCUT2D eigenvalue weighted by Gasteiger charge is -2.29. The summed E-state index contributed by atoms with van der Waals surface area (Å²) in [5, 5.41) is 9.63. The van der Waals surface area contributed by atoms with Crippen LogP contribution in [0.3, 0.4) is 0 Å². The highest BCUT2D eigenvalue weighted by Crippen LogP contribution is 2.31. The second-order valence-corrected chi connectivity index (χ2v) is 6.21. The number of aromatic nitrogens is 2. The van der Waals surface area contributed by atoms with Crippen molar-refractivity contribution in [1.29, 1.82) is 0 Å². The number of carbonyl (C=O) groups is 2. The number of hydrogen-bond acceptors (Lipinski definition) is 6. The molecule has 3 heterocycles. The molecule has 23 heavy (non-hydrogen) atoms. The number of likely N-dealkylation sites (tertiary alicyclic amines) is 1. The Morgan fingerprint density at radius 2 is 2.13 bits per heavy atom. The Hall–Kier alpha value is -2.25. The molecule has 0 aliphatic carbocycles. The van der Waals surface area contributed by atoms with Crippen LogP contribution in [0.5, 0.6) is 0 Å². The Morgan fingerprint density at radius 3 is 2.78 bits per heavy atom. The van der Waals surface area contributed by atoms with Gasteiger partial charge in [-0.2, -0.15) is 10.1 Å². The van der Waals surface area contributed by atoms with Gasteiger partial charge >= 0.3 is 0 Å². The first-order valence-corrected chi connectivity index (χ1v) is 7.98. The van der Waals surface area contributed by atoms with E-state index in [-0.39, 0.29) is 23.9 Å². The highest BCUT2D eigenvalue weighted by Gasteiger charge is 2.37. The summed E-state index contributed by atoms with van der Waals surface area (Å²) < 4.78 is 5.03. The maximum atomic E-state index is 12.8. The van der Waals surface area contributed by atoms with E-state index in [1.165, 1.54) is 5.01 Å². The summed E-state index contributed by atoms with van der Waals surface area (Å²) in [6, 6.07) is -0.229. The third-order valence-corrected chi connectivity index (χ3v) is 4.15. The van der Waals surface area contributed by atoms with Gasteiger partial charge in [0.1, 0.15) is 5.71 Å². The van der Waals surface area contributed by atoms with Crippen molar-refractivity contribution < 1.29 is 14.1 Å². The number of nitrogens with zero attached hydrogens (tertiary/aromatic N) is 5. The van der Waals surface area contributed by atoms with Crippen LogP contribution in [0.15, 0.2) is 9.62 Å². The fourth-order valence-electron chi connectivity index (χ4n) is 3.02. The summed E-state index contributed by atoms with van der Waals surface area (Å²) in [6.45, 7) is 6.14. The van der Waals surface area contributed by atoms with Crippen LogP contribution < -0.4 is 0 Å². The Bertz CT molecular complexity index is 651. The highest BCUT2D eigenvalue weighted by atomic mass is 16.5. The van der Waals surface area contributed by atoms with Crippen molar-refractivity contribution in [3.05, 3.63) is 11.7 Å². The Balaban J connectivity index is 1.81. The van der Waals surface area contributed by atoms with Crippen molar-refractivity contribution >= 4 is 17.5 Å². The molecule has 2 aliphatic heterocycles. The second kappa shape index (κ2) is 6.10. The minimum Gasteiger partial charge on any atom is -0.340 e. The molecule has 0 N–H and O–H groups in total. The maximum absolute atomic E-state index is 12.8. The summed E-state index contributed by atoms with van der Waals surface area (Å²) in [5.74, 6) is 0.865. The predicted octanol–water partition coefficient (Wildman–Crippen LogP) is 1.43. The quantitative estimate of drug-likeness (QED) is 0.840. The Morgan fingerprint density at radius 1 is 1.35 bits per heavy atom. The van der Waals surface area contributed by atoms with Gasteiger partial charge in [0, 0.05) is 32.4 Å². The molecule has 1 aromatic rings. The van der Waals surface area contributed by atoms with E-state index in [2.05, 4.69) is 15.2 Å². The van der Waals surface area contributed by atoms with Crippen LogP contribution in [-0.2, 0) is 9.59 Å². The van der Waals surface area contributed by atoms with E-state index >= 15 is 0 Å². The number of hydrogen-bond donors (Lipinski definition) is 0. The van der Waals surface area contributed by atoms with E-state index in [0.29, 0.717) is 36.8 Å². The lowest BCUT2D eigenvalue weighted by molar-refractivity contribution is -0.133. The molecule has 8 nitrogen and oxygen atoms in total. The van der Waals surface area contributed by atoms with E-state index in [1.54, 1.807) is 11.8 Å². The Labute approximate surface area is 134 Å². The molecule has 1 aromatic heterocycles. The zero-order valence-electron chi connectivity index (χ0n) is 13.7. The van der Waals surface area contributed by atoms with Crippen LogP contribution in [0.4, 0.5) is 0 Å². The van der Waals surface area contributed by atoms with E-state index in [4.69, 9.17) is 4.52 Å². The third-order valence-electron chi connectivity index (χ3n) is 4.15. The average Bonchev–Trinajstić information content (AvgIpc) is 3.15.